The number of nitrogens with two attached hydrogens (primary N) is 1. The molecule has 1 aliphatic carbocycles. The summed E-state index contributed by atoms with van der Waals surface area (Å²) in [5.74, 6) is 0.803. The Morgan fingerprint density at radius 3 is 2.77 bits per heavy atom. The lowest BCUT2D eigenvalue weighted by atomic mass is 9.55. The fourth-order valence-corrected chi connectivity index (χ4v) is 12.3. The highest BCUT2D eigenvalue weighted by atomic mass is 16.6. The van der Waals surface area contributed by atoms with Gasteiger partial charge in [-0.2, -0.15) is 0 Å². The van der Waals surface area contributed by atoms with Gasteiger partial charge in [-0.1, -0.05) is 18.2 Å². The van der Waals surface area contributed by atoms with Crippen molar-refractivity contribution in [2.75, 3.05) is 26.7 Å². The first-order valence-electron chi connectivity index (χ1n) is 25.8. The van der Waals surface area contributed by atoms with Crippen molar-refractivity contribution in [3.63, 3.8) is 0 Å². The summed E-state index contributed by atoms with van der Waals surface area (Å²) in [7, 11) is 1.81. The van der Waals surface area contributed by atoms with Crippen LogP contribution in [-0.2, 0) is 33.5 Å². The predicted molar refractivity (Wildman–Crippen MR) is 275 cm³/mol. The van der Waals surface area contributed by atoms with E-state index in [1.807, 2.05) is 43.6 Å². The second-order valence-corrected chi connectivity index (χ2v) is 20.3. The van der Waals surface area contributed by atoms with Crippen LogP contribution in [0.25, 0.3) is 10.9 Å². The molecule has 0 amide bonds. The van der Waals surface area contributed by atoms with E-state index in [4.69, 9.17) is 29.7 Å². The quantitative estimate of drug-likeness (QED) is 0.0213. The number of aromatic nitrogens is 3. The number of guanidine groups is 1. The summed E-state index contributed by atoms with van der Waals surface area (Å²) in [4.78, 5) is 25.0. The zero-order valence-electron chi connectivity index (χ0n) is 41.6. The number of carbonyl (C=O) groups excluding carboxylic acids is 1. The molecular weight excluding hydrogens is 931 g/mol. The molecule has 0 unspecified atom stereocenters. The number of esters is 1. The van der Waals surface area contributed by atoms with Gasteiger partial charge >= 0.3 is 5.97 Å². The second kappa shape index (κ2) is 21.3. The number of aliphatic hydroxyl groups is 1. The molecular formula is C55H69N9O9. The molecule has 388 valence electrons. The number of aromatic hydroxyl groups is 3. The number of aliphatic hydroxyl groups excluding tert-OH is 1. The fourth-order valence-electron chi connectivity index (χ4n) is 12.3. The molecule has 8 atom stereocenters. The van der Waals surface area contributed by atoms with E-state index in [0.717, 1.165) is 55.2 Å². The Labute approximate surface area is 425 Å². The van der Waals surface area contributed by atoms with Gasteiger partial charge in [0.1, 0.15) is 24.6 Å². The third-order valence-corrected chi connectivity index (χ3v) is 15.7. The van der Waals surface area contributed by atoms with Crippen LogP contribution in [0.2, 0.25) is 0 Å². The van der Waals surface area contributed by atoms with E-state index in [0.29, 0.717) is 81.1 Å². The van der Waals surface area contributed by atoms with Crippen molar-refractivity contribution < 1.29 is 44.2 Å². The van der Waals surface area contributed by atoms with E-state index in [-0.39, 0.29) is 48.0 Å². The van der Waals surface area contributed by atoms with Crippen molar-refractivity contribution in [2.45, 2.75) is 133 Å². The first-order valence-corrected chi connectivity index (χ1v) is 25.8. The molecule has 2 saturated heterocycles. The van der Waals surface area contributed by atoms with Crippen LogP contribution >= 0.6 is 0 Å². The highest BCUT2D eigenvalue weighted by molar-refractivity contribution is 5.85. The van der Waals surface area contributed by atoms with Gasteiger partial charge in [0.05, 0.1) is 41.1 Å². The number of aliphatic imine (C=N–C) groups is 1. The minimum atomic E-state index is -0.896. The second-order valence-electron chi connectivity index (χ2n) is 20.3. The minimum Gasteiger partial charge on any atom is -0.504 e. The van der Waals surface area contributed by atoms with Gasteiger partial charge in [-0.15, -0.1) is 0 Å². The summed E-state index contributed by atoms with van der Waals surface area (Å²) < 4.78 is 27.6. The molecule has 5 aromatic rings. The Morgan fingerprint density at radius 1 is 1.05 bits per heavy atom. The number of ether oxygens (including phenoxy) is 4. The van der Waals surface area contributed by atoms with Crippen molar-refractivity contribution in [2.24, 2.45) is 16.1 Å². The van der Waals surface area contributed by atoms with Crippen molar-refractivity contribution in [3.05, 3.63) is 119 Å². The number of pyridine rings is 1. The molecule has 2 aromatic carbocycles. The van der Waals surface area contributed by atoms with E-state index in [2.05, 4.69) is 54.1 Å². The first kappa shape index (κ1) is 49.7. The number of H-pyrrole nitrogens is 1. The molecule has 3 aromatic heterocycles. The van der Waals surface area contributed by atoms with Crippen LogP contribution in [0.1, 0.15) is 106 Å². The molecule has 11 N–H and O–H groups in total. The van der Waals surface area contributed by atoms with Gasteiger partial charge in [-0.25, -0.2) is 0 Å². The lowest BCUT2D eigenvalue weighted by Crippen LogP contribution is -2.78. The van der Waals surface area contributed by atoms with E-state index in [1.165, 1.54) is 29.6 Å². The van der Waals surface area contributed by atoms with Crippen LogP contribution in [0.3, 0.4) is 0 Å². The molecule has 18 heteroatoms. The van der Waals surface area contributed by atoms with Crippen LogP contribution in [0, 0.1) is 5.41 Å². The molecule has 0 radical (unpaired) electrons. The number of dihydropyridines is 1. The molecule has 0 bridgehead atoms. The molecule has 1 spiro atoms. The number of nitrogens with one attached hydrogen (secondary N) is 5. The molecule has 73 heavy (non-hydrogen) atoms. The number of rotatable bonds is 17. The number of fused-ring (bicyclic) bond motifs is 6. The van der Waals surface area contributed by atoms with Crippen LogP contribution in [0.5, 0.6) is 28.7 Å². The van der Waals surface area contributed by atoms with E-state index >= 15 is 0 Å². The van der Waals surface area contributed by atoms with Gasteiger partial charge in [0.15, 0.2) is 29.0 Å². The third-order valence-electron chi connectivity index (χ3n) is 15.7. The molecule has 1 saturated carbocycles. The van der Waals surface area contributed by atoms with Crippen LogP contribution in [0.4, 0.5) is 0 Å². The van der Waals surface area contributed by atoms with Crippen molar-refractivity contribution >= 4 is 22.8 Å². The molecule has 3 fully saturated rings. The zero-order valence-corrected chi connectivity index (χ0v) is 41.6. The highest BCUT2D eigenvalue weighted by Crippen LogP contribution is 2.57. The molecule has 7 heterocycles. The van der Waals surface area contributed by atoms with Gasteiger partial charge < -0.3 is 70.6 Å². The summed E-state index contributed by atoms with van der Waals surface area (Å²) in [6.45, 7) is 2.93. The minimum absolute atomic E-state index is 0.0337. The maximum Gasteiger partial charge on any atom is 0.302 e. The maximum absolute atomic E-state index is 12.3. The van der Waals surface area contributed by atoms with Crippen molar-refractivity contribution in [3.8, 4) is 28.7 Å². The standard InChI is InChI=1S/C55H69N9O9/c1-33(65)71-40-28-38(72-46(29-40)37-26-45(67)50(68)48(27-37)70-23-16-36-7-4-19-58-31-36)11-9-35-10-12-44(66)47(24-35)73-39-8-3-17-54(30-39)55(52(69)57-2)18-13-43-41-15-22-59-42(41)32-64(43)51(55)62-53(63-54)61-20-5-6-34-14-21-60-49(56)25-34/h4,7,10,12,14-15,19,22,24-27,31-32,38-40,46,51-52,57,59-60,66-69H,3,5-6,8-9,11,13,16-18,20-21,23,28-30,56H2,1-2H3,(H2,61,62,63)/t38-,39-,40+,46-,51+,52+,54-,55-/m0/s1. The van der Waals surface area contributed by atoms with Crippen LogP contribution in [0.15, 0.2) is 102 Å². The number of phenols is 3. The Morgan fingerprint density at radius 2 is 1.95 bits per heavy atom. The molecule has 18 nitrogen and oxygen atoms in total. The summed E-state index contributed by atoms with van der Waals surface area (Å²) in [6.07, 6.45) is 17.3. The summed E-state index contributed by atoms with van der Waals surface area (Å²) >= 11 is 0. The maximum atomic E-state index is 12.3. The van der Waals surface area contributed by atoms with E-state index in [1.54, 1.807) is 24.5 Å². The van der Waals surface area contributed by atoms with Gasteiger partial charge in [0.25, 0.3) is 0 Å². The SMILES string of the molecule is CN[C@H](O)[C@]12CCc3c4cc[nH]c4cn3[C@H]1NC(=NCCCC1=CCNC(N)=C1)N[C@]21CCC[C@H](Oc2cc(CC[C@H]3C[C@@H](OC(C)=O)C[C@@H](c4cc(O)c(O)c(OCCc5cccnc5)c4)O3)ccc2O)C1. The number of carbonyl (C=O) groups is 1. The number of hydrogen-bond donors (Lipinski definition) is 10. The average molecular weight is 1000 g/mol. The number of hydrogen-bond acceptors (Lipinski definition) is 14. The third kappa shape index (κ3) is 10.4. The topological polar surface area (TPSA) is 255 Å². The number of aryl methyl sites for hydroxylation is 2. The monoisotopic (exact) mass is 1000 g/mol. The number of aromatic amines is 1. The Kier molecular flexibility index (Phi) is 14.5. The average Bonchev–Trinajstić information content (AvgIpc) is 3.99. The molecule has 4 aliphatic heterocycles. The number of benzene rings is 2. The van der Waals surface area contributed by atoms with Gasteiger partial charge in [0, 0.05) is 81.6 Å². The van der Waals surface area contributed by atoms with Crippen LogP contribution in [-0.4, -0.2) is 104 Å². The Balaban J connectivity index is 0.861. The number of nitrogens with zero attached hydrogens (tertiary/aromatic N) is 3. The lowest BCUT2D eigenvalue weighted by Gasteiger charge is -2.63. The summed E-state index contributed by atoms with van der Waals surface area (Å²) in [5, 5.41) is 60.5. The summed E-state index contributed by atoms with van der Waals surface area (Å²) in [5.41, 5.74) is 10.6. The lowest BCUT2D eigenvalue weighted by molar-refractivity contribution is -0.160. The summed E-state index contributed by atoms with van der Waals surface area (Å²) in [6, 6.07) is 14.5. The van der Waals surface area contributed by atoms with Crippen LogP contribution < -0.4 is 36.5 Å². The molecule has 5 aliphatic rings. The predicted octanol–water partition coefficient (Wildman–Crippen LogP) is 6.28. The van der Waals surface area contributed by atoms with Crippen molar-refractivity contribution in [1.82, 2.24) is 35.8 Å². The van der Waals surface area contributed by atoms with E-state index < -0.39 is 35.4 Å². The fraction of sp³-hybridized carbons (Fsp3) is 0.473. The molecule has 10 rings (SSSR count). The van der Waals surface area contributed by atoms with Gasteiger partial charge in [0.2, 0.25) is 5.75 Å². The largest absolute Gasteiger partial charge is 0.504 e. The van der Waals surface area contributed by atoms with Crippen molar-refractivity contribution in [1.29, 1.82) is 0 Å². The Hall–Kier alpha value is -6.89. The zero-order chi connectivity index (χ0) is 50.7. The van der Waals surface area contributed by atoms with Gasteiger partial charge in [-0.05, 0) is 130 Å². The Bertz CT molecular complexity index is 2860. The highest BCUT2D eigenvalue weighted by Gasteiger charge is 2.65. The van der Waals surface area contributed by atoms with E-state index in [9.17, 15) is 25.2 Å². The first-order chi connectivity index (χ1) is 35.4. The number of allylic oxidation sites excluding steroid dienone is 2. The normalized spacial score (nSPS) is 26.6. The number of phenolic OH excluding ortho intramolecular Hbond substituents is 3. The smallest absolute Gasteiger partial charge is 0.302 e. The van der Waals surface area contributed by atoms with Gasteiger partial charge in [-0.3, -0.25) is 20.1 Å².